The van der Waals surface area contributed by atoms with Gasteiger partial charge in [0.25, 0.3) is 0 Å². The van der Waals surface area contributed by atoms with E-state index < -0.39 is 40.9 Å². The Bertz CT molecular complexity index is 579. The molecule has 4 aliphatic rings. The summed E-state index contributed by atoms with van der Waals surface area (Å²) in [6.45, 7) is 5.82. The van der Waals surface area contributed by atoms with Gasteiger partial charge < -0.3 is 18.9 Å². The number of cyclic esters (lactones) is 1. The lowest BCUT2D eigenvalue weighted by atomic mass is 9.73. The van der Waals surface area contributed by atoms with E-state index in [2.05, 4.69) is 0 Å². The minimum Gasteiger partial charge on any atom is -0.462 e. The Morgan fingerprint density at radius 3 is 2.70 bits per heavy atom. The highest BCUT2D eigenvalue weighted by Crippen LogP contribution is 2.43. The molecule has 2 bridgehead atoms. The van der Waals surface area contributed by atoms with Gasteiger partial charge >= 0.3 is 17.9 Å². The maximum Gasteiger partial charge on any atom is 0.348 e. The molecule has 2 fully saturated rings. The Kier molecular flexibility index (Phi) is 3.71. The number of hydrogen-bond acceptors (Lipinski definition) is 7. The minimum atomic E-state index is -1.65. The Balaban J connectivity index is 1.89. The van der Waals surface area contributed by atoms with Crippen molar-refractivity contribution in [2.24, 2.45) is 10.8 Å². The summed E-state index contributed by atoms with van der Waals surface area (Å²) in [6, 6.07) is 0. The second-order valence-corrected chi connectivity index (χ2v) is 6.73. The van der Waals surface area contributed by atoms with Crippen LogP contribution in [0.2, 0.25) is 0 Å². The Morgan fingerprint density at radius 1 is 1.39 bits per heavy atom. The highest BCUT2D eigenvalue weighted by molar-refractivity contribution is 6.05. The van der Waals surface area contributed by atoms with Crippen LogP contribution < -0.4 is 0 Å². The average molecular weight is 324 g/mol. The summed E-state index contributed by atoms with van der Waals surface area (Å²) in [6.07, 6.45) is 1.45. The lowest BCUT2D eigenvalue weighted by Crippen LogP contribution is -2.59. The van der Waals surface area contributed by atoms with Crippen LogP contribution in [0.3, 0.4) is 0 Å². The summed E-state index contributed by atoms with van der Waals surface area (Å²) in [5, 5.41) is 0. The van der Waals surface area contributed by atoms with Crippen molar-refractivity contribution in [1.82, 2.24) is 0 Å². The van der Waals surface area contributed by atoms with Crippen LogP contribution in [-0.2, 0) is 33.3 Å². The van der Waals surface area contributed by atoms with Crippen LogP contribution in [0.15, 0.2) is 12.2 Å². The molecule has 0 spiro atoms. The van der Waals surface area contributed by atoms with Gasteiger partial charge in [0.1, 0.15) is 12.7 Å². The molecule has 1 aliphatic carbocycles. The third-order valence-corrected chi connectivity index (χ3v) is 4.56. The van der Waals surface area contributed by atoms with Crippen LogP contribution in [0, 0.1) is 10.8 Å². The summed E-state index contributed by atoms with van der Waals surface area (Å²) < 4.78 is 21.2. The molecule has 7 heteroatoms. The molecule has 0 radical (unpaired) electrons. The molecular weight excluding hydrogens is 304 g/mol. The second-order valence-electron chi connectivity index (χ2n) is 6.73. The summed E-state index contributed by atoms with van der Waals surface area (Å²) in [5.74, 6) is -2.12. The summed E-state index contributed by atoms with van der Waals surface area (Å²) in [7, 11) is 0. The van der Waals surface area contributed by atoms with Gasteiger partial charge in [0.05, 0.1) is 6.10 Å². The first kappa shape index (κ1) is 16.0. The lowest BCUT2D eigenvalue weighted by Gasteiger charge is -2.44. The third-order valence-electron chi connectivity index (χ3n) is 4.56. The van der Waals surface area contributed by atoms with Crippen LogP contribution in [0.25, 0.3) is 0 Å². The molecule has 0 amide bonds. The normalized spacial score (nSPS) is 37.4. The van der Waals surface area contributed by atoms with Gasteiger partial charge in [-0.2, -0.15) is 0 Å². The number of ether oxygens (including phenoxy) is 4. The maximum atomic E-state index is 12.8. The van der Waals surface area contributed by atoms with Crippen molar-refractivity contribution in [3.05, 3.63) is 12.2 Å². The van der Waals surface area contributed by atoms with Crippen molar-refractivity contribution >= 4 is 17.9 Å². The first-order chi connectivity index (χ1) is 10.8. The quantitative estimate of drug-likeness (QED) is 0.326. The molecule has 4 rings (SSSR count). The van der Waals surface area contributed by atoms with Gasteiger partial charge in [-0.3, -0.25) is 9.59 Å². The SMILES string of the molecule is CCO[C@@H]1C[C@H]2C=C[C@@]1(C(=O)O[C@H]1C(=O)OCC1(C)C)C(=O)O2. The van der Waals surface area contributed by atoms with Crippen molar-refractivity contribution in [1.29, 1.82) is 0 Å². The van der Waals surface area contributed by atoms with E-state index in [4.69, 9.17) is 18.9 Å². The maximum absolute atomic E-state index is 12.8. The molecule has 7 nitrogen and oxygen atoms in total. The summed E-state index contributed by atoms with van der Waals surface area (Å²) in [5.41, 5.74) is -2.30. The van der Waals surface area contributed by atoms with Crippen molar-refractivity contribution in [3.63, 3.8) is 0 Å². The van der Waals surface area contributed by atoms with E-state index in [0.29, 0.717) is 13.0 Å². The molecule has 3 heterocycles. The number of carbonyl (C=O) groups excluding carboxylic acids is 3. The summed E-state index contributed by atoms with van der Waals surface area (Å²) >= 11 is 0. The summed E-state index contributed by atoms with van der Waals surface area (Å²) in [4.78, 5) is 37.0. The third kappa shape index (κ3) is 2.34. The van der Waals surface area contributed by atoms with E-state index in [1.807, 2.05) is 0 Å². The molecule has 0 unspecified atom stereocenters. The second kappa shape index (κ2) is 5.33. The minimum absolute atomic E-state index is 0.161. The number of fused-ring (bicyclic) bond motifs is 2. The predicted molar refractivity (Wildman–Crippen MR) is 76.1 cm³/mol. The van der Waals surface area contributed by atoms with E-state index in [9.17, 15) is 14.4 Å². The fourth-order valence-electron chi connectivity index (χ4n) is 3.19. The van der Waals surface area contributed by atoms with Gasteiger partial charge in [0.15, 0.2) is 0 Å². The van der Waals surface area contributed by atoms with Gasteiger partial charge in [-0.15, -0.1) is 0 Å². The molecule has 23 heavy (non-hydrogen) atoms. The molecule has 2 saturated heterocycles. The Labute approximate surface area is 133 Å². The fraction of sp³-hybridized carbons (Fsp3) is 0.688. The predicted octanol–water partition coefficient (Wildman–Crippen LogP) is 0.758. The molecule has 0 N–H and O–H groups in total. The Hall–Kier alpha value is -1.89. The van der Waals surface area contributed by atoms with Gasteiger partial charge in [-0.25, -0.2) is 4.79 Å². The largest absolute Gasteiger partial charge is 0.462 e. The van der Waals surface area contributed by atoms with Crippen LogP contribution in [-0.4, -0.2) is 49.4 Å². The van der Waals surface area contributed by atoms with Crippen molar-refractivity contribution in [3.8, 4) is 0 Å². The monoisotopic (exact) mass is 324 g/mol. The topological polar surface area (TPSA) is 88.1 Å². The first-order valence-electron chi connectivity index (χ1n) is 7.71. The van der Waals surface area contributed by atoms with E-state index in [1.165, 1.54) is 6.08 Å². The lowest BCUT2D eigenvalue weighted by molar-refractivity contribution is -0.201. The molecule has 126 valence electrons. The van der Waals surface area contributed by atoms with Crippen LogP contribution in [0.4, 0.5) is 0 Å². The molecule has 0 aromatic rings. The van der Waals surface area contributed by atoms with Crippen LogP contribution in [0.5, 0.6) is 0 Å². The fourth-order valence-corrected chi connectivity index (χ4v) is 3.19. The van der Waals surface area contributed by atoms with E-state index in [1.54, 1.807) is 26.8 Å². The van der Waals surface area contributed by atoms with E-state index in [-0.39, 0.29) is 12.7 Å². The molecule has 4 atom stereocenters. The zero-order valence-corrected chi connectivity index (χ0v) is 13.4. The van der Waals surface area contributed by atoms with E-state index in [0.717, 1.165) is 0 Å². The van der Waals surface area contributed by atoms with E-state index >= 15 is 0 Å². The van der Waals surface area contributed by atoms with Gasteiger partial charge in [0.2, 0.25) is 11.5 Å². The smallest absolute Gasteiger partial charge is 0.348 e. The van der Waals surface area contributed by atoms with Crippen molar-refractivity contribution < 1.29 is 33.3 Å². The van der Waals surface area contributed by atoms with Gasteiger partial charge in [-0.1, -0.05) is 19.9 Å². The first-order valence-corrected chi connectivity index (χ1v) is 7.71. The van der Waals surface area contributed by atoms with Crippen LogP contribution >= 0.6 is 0 Å². The zero-order valence-electron chi connectivity index (χ0n) is 13.4. The standard InChI is InChI=1S/C16H20O7/c1-4-20-10-7-9-5-6-16(10,13(18)22-9)14(19)23-11-12(17)21-8-15(11,2)3/h5-6,9-11H,4,7-8H2,1-3H3/t9-,10-,11+,16+/m1/s1. The molecule has 0 saturated carbocycles. The van der Waals surface area contributed by atoms with Gasteiger partial charge in [-0.05, 0) is 13.0 Å². The number of hydrogen-bond donors (Lipinski definition) is 0. The van der Waals surface area contributed by atoms with Crippen LogP contribution in [0.1, 0.15) is 27.2 Å². The highest BCUT2D eigenvalue weighted by Gasteiger charge is 2.62. The molecular formula is C16H20O7. The number of carbonyl (C=O) groups is 3. The highest BCUT2D eigenvalue weighted by atomic mass is 16.6. The van der Waals surface area contributed by atoms with Crippen molar-refractivity contribution in [2.45, 2.75) is 45.5 Å². The molecule has 0 aromatic carbocycles. The zero-order chi connectivity index (χ0) is 16.8. The average Bonchev–Trinajstić information content (AvgIpc) is 2.75. The molecule has 3 aliphatic heterocycles. The van der Waals surface area contributed by atoms with Crippen molar-refractivity contribution in [2.75, 3.05) is 13.2 Å². The number of rotatable bonds is 4. The Morgan fingerprint density at radius 2 is 2.13 bits per heavy atom. The number of esters is 3. The van der Waals surface area contributed by atoms with Gasteiger partial charge in [0, 0.05) is 18.4 Å². The molecule has 0 aromatic heterocycles.